The maximum Gasteiger partial charge on any atom is 0.317 e. The lowest BCUT2D eigenvalue weighted by Crippen LogP contribution is -2.59. The average Bonchev–Trinajstić information content (AvgIpc) is 2.96. The fraction of sp³-hybridized carbons (Fsp3) is 0.600. The van der Waals surface area contributed by atoms with E-state index < -0.39 is 5.41 Å². The number of benzene rings is 1. The number of rotatable bonds is 5. The van der Waals surface area contributed by atoms with Crippen molar-refractivity contribution in [2.75, 3.05) is 51.9 Å². The van der Waals surface area contributed by atoms with Crippen LogP contribution in [0, 0.1) is 0 Å². The molecule has 29 heavy (non-hydrogen) atoms. The van der Waals surface area contributed by atoms with Gasteiger partial charge in [-0.2, -0.15) is 0 Å². The predicted molar refractivity (Wildman–Crippen MR) is 118 cm³/mol. The normalized spacial score (nSPS) is 26.6. The van der Waals surface area contributed by atoms with Gasteiger partial charge in [-0.3, -0.25) is 14.5 Å². The van der Waals surface area contributed by atoms with E-state index in [2.05, 4.69) is 33.1 Å². The summed E-state index contributed by atoms with van der Waals surface area (Å²) in [4.78, 5) is 29.7. The Morgan fingerprint density at radius 1 is 1.34 bits per heavy atom. The van der Waals surface area contributed by atoms with Crippen molar-refractivity contribution in [3.63, 3.8) is 0 Å². The van der Waals surface area contributed by atoms with Crippen LogP contribution >= 0.6 is 28.3 Å². The molecule has 0 saturated carbocycles. The van der Waals surface area contributed by atoms with Crippen molar-refractivity contribution in [3.8, 4) is 0 Å². The first-order valence-electron chi connectivity index (χ1n) is 9.45. The van der Waals surface area contributed by atoms with Crippen molar-refractivity contribution >= 4 is 45.9 Å². The third kappa shape index (κ3) is 4.77. The van der Waals surface area contributed by atoms with E-state index in [0.717, 1.165) is 28.8 Å². The smallest absolute Gasteiger partial charge is 0.317 e. The number of carbonyl (C=O) groups is 2. The highest BCUT2D eigenvalue weighted by Crippen LogP contribution is 2.43. The fourth-order valence-electron chi connectivity index (χ4n) is 4.14. The second kappa shape index (κ2) is 9.75. The quantitative estimate of drug-likeness (QED) is 0.636. The second-order valence-electron chi connectivity index (χ2n) is 7.81. The van der Waals surface area contributed by atoms with Crippen LogP contribution in [0.3, 0.4) is 0 Å². The Bertz CT molecular complexity index is 765. The molecule has 1 N–H and O–H groups in total. The summed E-state index contributed by atoms with van der Waals surface area (Å²) in [5.41, 5.74) is 0.708. The van der Waals surface area contributed by atoms with Crippen molar-refractivity contribution in [3.05, 3.63) is 28.2 Å². The minimum atomic E-state index is -0.872. The number of carbonyl (C=O) groups excluding carboxylic acids is 2. The molecule has 1 saturated heterocycles. The van der Waals surface area contributed by atoms with Crippen LogP contribution in [0.25, 0.3) is 0 Å². The molecule has 0 aliphatic carbocycles. The number of nitrogens with zero attached hydrogens (tertiary/aromatic N) is 2. The van der Waals surface area contributed by atoms with Gasteiger partial charge in [0.1, 0.15) is 5.41 Å². The van der Waals surface area contributed by atoms with E-state index in [1.807, 2.05) is 25.1 Å². The number of anilines is 1. The van der Waals surface area contributed by atoms with Gasteiger partial charge in [0.25, 0.3) is 0 Å². The highest BCUT2D eigenvalue weighted by atomic mass is 79.9. The predicted octanol–water partition coefficient (Wildman–Crippen LogP) is 1.96. The first kappa shape index (κ1) is 24.1. The Morgan fingerprint density at radius 3 is 2.72 bits per heavy atom. The maximum atomic E-state index is 13.3. The summed E-state index contributed by atoms with van der Waals surface area (Å²) in [5.74, 6) is -0.360. The van der Waals surface area contributed by atoms with Crippen molar-refractivity contribution in [2.45, 2.75) is 31.3 Å². The topological polar surface area (TPSA) is 71.1 Å². The molecule has 3 rings (SSSR count). The van der Waals surface area contributed by atoms with E-state index in [-0.39, 0.29) is 43.4 Å². The molecule has 2 aliphatic rings. The van der Waals surface area contributed by atoms with Gasteiger partial charge in [-0.1, -0.05) is 22.0 Å². The number of hydrogen-bond acceptors (Lipinski definition) is 6. The van der Waals surface area contributed by atoms with Gasteiger partial charge in [0.05, 0.1) is 20.3 Å². The Balaban J connectivity index is 0.00000300. The molecule has 1 aromatic carbocycles. The number of fused-ring (bicyclic) bond motifs is 1. The molecule has 1 unspecified atom stereocenters. The summed E-state index contributed by atoms with van der Waals surface area (Å²) < 4.78 is 11.2. The number of piperazine rings is 1. The van der Waals surface area contributed by atoms with Crippen LogP contribution in [0.4, 0.5) is 5.69 Å². The van der Waals surface area contributed by atoms with Gasteiger partial charge in [-0.25, -0.2) is 0 Å². The number of halogens is 2. The first-order valence-corrected chi connectivity index (χ1v) is 10.2. The number of ether oxygens (including phenoxy) is 2. The minimum Gasteiger partial charge on any atom is -0.468 e. The van der Waals surface area contributed by atoms with E-state index in [9.17, 15) is 9.59 Å². The highest BCUT2D eigenvalue weighted by Gasteiger charge is 2.48. The molecular formula is C20H29BrClN3O4. The van der Waals surface area contributed by atoms with Crippen LogP contribution in [0.1, 0.15) is 19.4 Å². The van der Waals surface area contributed by atoms with E-state index in [1.54, 1.807) is 12.0 Å². The summed E-state index contributed by atoms with van der Waals surface area (Å²) in [7, 11) is 3.06. The van der Waals surface area contributed by atoms with E-state index in [0.29, 0.717) is 12.6 Å². The molecule has 1 aromatic rings. The van der Waals surface area contributed by atoms with Gasteiger partial charge in [-0.05, 0) is 31.5 Å². The molecule has 0 radical (unpaired) electrons. The van der Waals surface area contributed by atoms with Crippen LogP contribution in [0.5, 0.6) is 0 Å². The maximum absolute atomic E-state index is 13.3. The van der Waals surface area contributed by atoms with Crippen molar-refractivity contribution in [1.82, 2.24) is 10.2 Å². The van der Waals surface area contributed by atoms with Crippen LogP contribution < -0.4 is 10.2 Å². The SMILES string of the molecule is COC[C@H]1CN[C@H](C)CN1CC(=O)N1CC(C)(C(=O)OC)c2ccc(Br)cc21.Cl. The third-order valence-electron chi connectivity index (χ3n) is 5.68. The van der Waals surface area contributed by atoms with Gasteiger partial charge in [0.2, 0.25) is 5.91 Å². The molecule has 7 nitrogen and oxygen atoms in total. The Morgan fingerprint density at radius 2 is 2.07 bits per heavy atom. The Hall–Kier alpha value is -1.19. The number of methoxy groups -OCH3 is 2. The summed E-state index contributed by atoms with van der Waals surface area (Å²) in [5, 5.41) is 3.43. The van der Waals surface area contributed by atoms with Crippen LogP contribution in [-0.2, 0) is 24.5 Å². The van der Waals surface area contributed by atoms with Crippen molar-refractivity contribution < 1.29 is 19.1 Å². The van der Waals surface area contributed by atoms with Gasteiger partial charge in [-0.15, -0.1) is 12.4 Å². The molecule has 3 atom stereocenters. The van der Waals surface area contributed by atoms with Crippen LogP contribution in [0.2, 0.25) is 0 Å². The fourth-order valence-corrected chi connectivity index (χ4v) is 4.49. The van der Waals surface area contributed by atoms with Crippen LogP contribution in [-0.4, -0.2) is 75.9 Å². The van der Waals surface area contributed by atoms with Gasteiger partial charge >= 0.3 is 5.97 Å². The van der Waals surface area contributed by atoms with Crippen molar-refractivity contribution in [2.24, 2.45) is 0 Å². The van der Waals surface area contributed by atoms with Crippen molar-refractivity contribution in [1.29, 1.82) is 0 Å². The summed E-state index contributed by atoms with van der Waals surface area (Å²) in [6.45, 7) is 6.62. The van der Waals surface area contributed by atoms with Gasteiger partial charge in [0, 0.05) is 49.0 Å². The summed E-state index contributed by atoms with van der Waals surface area (Å²) in [6.07, 6.45) is 0. The van der Waals surface area contributed by atoms with E-state index >= 15 is 0 Å². The molecule has 9 heteroatoms. The number of hydrogen-bond donors (Lipinski definition) is 1. The zero-order valence-electron chi connectivity index (χ0n) is 17.2. The molecule has 0 spiro atoms. The molecule has 2 heterocycles. The zero-order valence-corrected chi connectivity index (χ0v) is 19.6. The molecule has 1 amide bonds. The van der Waals surface area contributed by atoms with Gasteiger partial charge < -0.3 is 19.7 Å². The lowest BCUT2D eigenvalue weighted by Gasteiger charge is -2.39. The third-order valence-corrected chi connectivity index (χ3v) is 6.17. The number of nitrogens with one attached hydrogen (secondary N) is 1. The molecule has 1 fully saturated rings. The first-order chi connectivity index (χ1) is 13.3. The largest absolute Gasteiger partial charge is 0.468 e. The highest BCUT2D eigenvalue weighted by molar-refractivity contribution is 9.10. The minimum absolute atomic E-state index is 0. The molecule has 162 valence electrons. The molecule has 0 aromatic heterocycles. The summed E-state index contributed by atoms with van der Waals surface area (Å²) in [6, 6.07) is 6.13. The number of esters is 1. The molecule has 2 aliphatic heterocycles. The molecular weight excluding hydrogens is 462 g/mol. The van der Waals surface area contributed by atoms with E-state index in [4.69, 9.17) is 9.47 Å². The lowest BCUT2D eigenvalue weighted by molar-refractivity contribution is -0.146. The standard InChI is InChI=1S/C20H28BrN3O4.ClH/c1-13-9-23(15(8-22-13)11-27-3)10-18(25)24-12-20(2,19(26)28-4)16-6-5-14(21)7-17(16)24;/h5-7,13,15,22H,8-12H2,1-4H3;1H/t13-,15-,20?;/m1./s1. The lowest BCUT2D eigenvalue weighted by atomic mass is 9.85. The Labute approximate surface area is 186 Å². The average molecular weight is 491 g/mol. The van der Waals surface area contributed by atoms with E-state index in [1.165, 1.54) is 7.11 Å². The summed E-state index contributed by atoms with van der Waals surface area (Å²) >= 11 is 3.48. The monoisotopic (exact) mass is 489 g/mol. The van der Waals surface area contributed by atoms with Gasteiger partial charge in [0.15, 0.2) is 0 Å². The Kier molecular flexibility index (Phi) is 8.09. The number of amides is 1. The zero-order chi connectivity index (χ0) is 20.5. The van der Waals surface area contributed by atoms with Crippen LogP contribution in [0.15, 0.2) is 22.7 Å². The second-order valence-corrected chi connectivity index (χ2v) is 8.73. The molecule has 0 bridgehead atoms.